The van der Waals surface area contributed by atoms with Gasteiger partial charge in [0.15, 0.2) is 0 Å². The molecule has 5 nitrogen and oxygen atoms in total. The Balaban J connectivity index is 1.63. The van der Waals surface area contributed by atoms with Gasteiger partial charge in [0.2, 0.25) is 5.91 Å². The largest absolute Gasteiger partial charge is 0.481 e. The van der Waals surface area contributed by atoms with E-state index >= 15 is 0 Å². The summed E-state index contributed by atoms with van der Waals surface area (Å²) in [5, 5.41) is 12.9. The summed E-state index contributed by atoms with van der Waals surface area (Å²) in [6.07, 6.45) is 2.60. The molecule has 23 heavy (non-hydrogen) atoms. The van der Waals surface area contributed by atoms with Crippen molar-refractivity contribution in [3.8, 4) is 0 Å². The number of ether oxygens (including phenoxy) is 1. The lowest BCUT2D eigenvalue weighted by molar-refractivity contribution is -0.157. The number of carbonyl (C=O) groups excluding carboxylic acids is 1. The summed E-state index contributed by atoms with van der Waals surface area (Å²) in [5.74, 6) is -1.07. The zero-order chi connectivity index (χ0) is 16.4. The van der Waals surface area contributed by atoms with Gasteiger partial charge in [0, 0.05) is 18.1 Å². The molecule has 1 aromatic rings. The second kappa shape index (κ2) is 6.49. The van der Waals surface area contributed by atoms with Gasteiger partial charge in [-0.25, -0.2) is 0 Å². The highest BCUT2D eigenvalue weighted by Gasteiger charge is 2.46. The van der Waals surface area contributed by atoms with Gasteiger partial charge < -0.3 is 15.2 Å². The van der Waals surface area contributed by atoms with Crippen molar-refractivity contribution in [2.75, 3.05) is 6.61 Å². The van der Waals surface area contributed by atoms with Gasteiger partial charge in [0.05, 0.1) is 11.5 Å². The Kier molecular flexibility index (Phi) is 4.60. The molecule has 1 heterocycles. The fraction of sp³-hybridized carbons (Fsp3) is 0.529. The van der Waals surface area contributed by atoms with E-state index in [2.05, 4.69) is 5.32 Å². The molecular formula is C17H20ClNO4. The highest BCUT2D eigenvalue weighted by atomic mass is 35.5. The van der Waals surface area contributed by atoms with Crippen molar-refractivity contribution < 1.29 is 19.4 Å². The van der Waals surface area contributed by atoms with Crippen molar-refractivity contribution in [1.82, 2.24) is 5.32 Å². The van der Waals surface area contributed by atoms with E-state index in [4.69, 9.17) is 16.3 Å². The van der Waals surface area contributed by atoms with Crippen molar-refractivity contribution >= 4 is 23.5 Å². The molecule has 1 aliphatic carbocycles. The van der Waals surface area contributed by atoms with Gasteiger partial charge in [-0.05, 0) is 37.0 Å². The van der Waals surface area contributed by atoms with Gasteiger partial charge in [-0.2, -0.15) is 0 Å². The third-order valence-corrected chi connectivity index (χ3v) is 5.15. The number of hydrogen-bond donors (Lipinski definition) is 2. The fourth-order valence-corrected chi connectivity index (χ4v) is 3.48. The van der Waals surface area contributed by atoms with Crippen LogP contribution in [0.15, 0.2) is 24.3 Å². The topological polar surface area (TPSA) is 75.6 Å². The molecule has 2 unspecified atom stereocenters. The van der Waals surface area contributed by atoms with Crippen LogP contribution in [0.25, 0.3) is 0 Å². The van der Waals surface area contributed by atoms with Crippen LogP contribution in [0, 0.1) is 5.41 Å². The number of halogens is 1. The quantitative estimate of drug-likeness (QED) is 0.866. The minimum absolute atomic E-state index is 0.0478. The first-order chi connectivity index (χ1) is 11.0. The summed E-state index contributed by atoms with van der Waals surface area (Å²) < 4.78 is 5.74. The molecule has 3 rings (SSSR count). The maximum Gasteiger partial charge on any atom is 0.310 e. The number of aliphatic carboxylic acids is 1. The number of hydrogen-bond acceptors (Lipinski definition) is 3. The molecule has 2 N–H and O–H groups in total. The van der Waals surface area contributed by atoms with E-state index in [9.17, 15) is 14.7 Å². The number of carboxylic acids is 1. The molecule has 6 heteroatoms. The van der Waals surface area contributed by atoms with Crippen LogP contribution < -0.4 is 5.32 Å². The summed E-state index contributed by atoms with van der Waals surface area (Å²) in [7, 11) is 0. The normalized spacial score (nSPS) is 25.6. The van der Waals surface area contributed by atoms with Gasteiger partial charge in [-0.3, -0.25) is 9.59 Å². The van der Waals surface area contributed by atoms with E-state index < -0.39 is 11.4 Å². The second-order valence-corrected chi connectivity index (χ2v) is 6.86. The maximum absolute atomic E-state index is 12.3. The highest BCUT2D eigenvalue weighted by molar-refractivity contribution is 6.30. The lowest BCUT2D eigenvalue weighted by Gasteiger charge is -2.37. The molecule has 2 fully saturated rings. The van der Waals surface area contributed by atoms with Gasteiger partial charge in [-0.15, -0.1) is 0 Å². The van der Waals surface area contributed by atoms with E-state index in [-0.39, 0.29) is 24.5 Å². The SMILES string of the molecule is O=C(CC1(C(=O)O)CCC1)NC1CCOC1c1ccc(Cl)cc1. The van der Waals surface area contributed by atoms with Gasteiger partial charge >= 0.3 is 5.97 Å². The number of nitrogens with one attached hydrogen (secondary N) is 1. The summed E-state index contributed by atoms with van der Waals surface area (Å²) >= 11 is 5.90. The third kappa shape index (κ3) is 3.35. The van der Waals surface area contributed by atoms with Crippen molar-refractivity contribution in [1.29, 1.82) is 0 Å². The molecule has 1 aromatic carbocycles. The smallest absolute Gasteiger partial charge is 0.310 e. The van der Waals surface area contributed by atoms with Gasteiger partial charge in [0.25, 0.3) is 0 Å². The van der Waals surface area contributed by atoms with E-state index in [0.717, 1.165) is 18.4 Å². The fourth-order valence-electron chi connectivity index (χ4n) is 3.35. The zero-order valence-electron chi connectivity index (χ0n) is 12.8. The van der Waals surface area contributed by atoms with Crippen molar-refractivity contribution in [3.05, 3.63) is 34.9 Å². The molecule has 2 aliphatic rings. The average molecular weight is 338 g/mol. The molecule has 124 valence electrons. The van der Waals surface area contributed by atoms with Crippen LogP contribution in [0.3, 0.4) is 0 Å². The summed E-state index contributed by atoms with van der Waals surface area (Å²) in [6, 6.07) is 7.25. The number of amides is 1. The van der Waals surface area contributed by atoms with Crippen molar-refractivity contribution in [2.45, 2.75) is 44.2 Å². The molecule has 1 aliphatic heterocycles. The lowest BCUT2D eigenvalue weighted by Crippen LogP contribution is -2.45. The molecule has 0 radical (unpaired) electrons. The molecule has 0 bridgehead atoms. The van der Waals surface area contributed by atoms with E-state index in [1.54, 1.807) is 12.1 Å². The second-order valence-electron chi connectivity index (χ2n) is 6.42. The standard InChI is InChI=1S/C17H20ClNO4/c18-12-4-2-11(3-5-12)15-13(6-9-23-15)19-14(20)10-17(16(21)22)7-1-8-17/h2-5,13,15H,1,6-10H2,(H,19,20)(H,21,22). The van der Waals surface area contributed by atoms with Gasteiger partial charge in [-0.1, -0.05) is 30.2 Å². The van der Waals surface area contributed by atoms with E-state index in [0.29, 0.717) is 24.5 Å². The summed E-state index contributed by atoms with van der Waals surface area (Å²) in [4.78, 5) is 23.7. The summed E-state index contributed by atoms with van der Waals surface area (Å²) in [6.45, 7) is 0.572. The molecule has 2 atom stereocenters. The van der Waals surface area contributed by atoms with Crippen molar-refractivity contribution in [2.24, 2.45) is 5.41 Å². The summed E-state index contributed by atoms with van der Waals surface area (Å²) in [5.41, 5.74) is 0.105. The first-order valence-corrected chi connectivity index (χ1v) is 8.28. The van der Waals surface area contributed by atoms with Crippen LogP contribution in [0.4, 0.5) is 0 Å². The number of carboxylic acid groups (broad SMARTS) is 1. The Bertz CT molecular complexity index is 597. The molecule has 1 amide bonds. The van der Waals surface area contributed by atoms with Gasteiger partial charge in [0.1, 0.15) is 6.10 Å². The molecular weight excluding hydrogens is 318 g/mol. The Morgan fingerprint density at radius 3 is 2.57 bits per heavy atom. The number of rotatable bonds is 5. The van der Waals surface area contributed by atoms with E-state index in [1.165, 1.54) is 0 Å². The monoisotopic (exact) mass is 337 g/mol. The Morgan fingerprint density at radius 1 is 1.30 bits per heavy atom. The predicted molar refractivity (Wildman–Crippen MR) is 85.2 cm³/mol. The Morgan fingerprint density at radius 2 is 2.00 bits per heavy atom. The van der Waals surface area contributed by atoms with E-state index in [1.807, 2.05) is 12.1 Å². The minimum atomic E-state index is -0.865. The molecule has 0 aromatic heterocycles. The lowest BCUT2D eigenvalue weighted by atomic mass is 9.66. The number of carbonyl (C=O) groups is 2. The number of benzene rings is 1. The van der Waals surface area contributed by atoms with Crippen LogP contribution in [0.2, 0.25) is 5.02 Å². The van der Waals surface area contributed by atoms with Crippen LogP contribution in [0.1, 0.15) is 43.8 Å². The Hall–Kier alpha value is -1.59. The van der Waals surface area contributed by atoms with Crippen LogP contribution in [-0.2, 0) is 14.3 Å². The van der Waals surface area contributed by atoms with Crippen LogP contribution in [0.5, 0.6) is 0 Å². The third-order valence-electron chi connectivity index (χ3n) is 4.90. The van der Waals surface area contributed by atoms with Crippen LogP contribution in [-0.4, -0.2) is 29.6 Å². The highest BCUT2D eigenvalue weighted by Crippen LogP contribution is 2.44. The molecule has 0 spiro atoms. The predicted octanol–water partition coefficient (Wildman–Crippen LogP) is 2.93. The average Bonchev–Trinajstić information content (AvgIpc) is 2.91. The zero-order valence-corrected chi connectivity index (χ0v) is 13.5. The first kappa shape index (κ1) is 16.3. The first-order valence-electron chi connectivity index (χ1n) is 7.90. The molecule has 1 saturated carbocycles. The molecule has 1 saturated heterocycles. The van der Waals surface area contributed by atoms with Crippen molar-refractivity contribution in [3.63, 3.8) is 0 Å². The maximum atomic E-state index is 12.3. The Labute approximate surface area is 140 Å². The van der Waals surface area contributed by atoms with Crippen LogP contribution >= 0.6 is 11.6 Å². The minimum Gasteiger partial charge on any atom is -0.481 e.